The summed E-state index contributed by atoms with van der Waals surface area (Å²) in [6.45, 7) is 0.0437. The number of carboxylic acid groups (broad SMARTS) is 1. The molecule has 0 aromatic heterocycles. The second-order valence-electron chi connectivity index (χ2n) is 4.13. The molecule has 0 atom stereocenters. The summed E-state index contributed by atoms with van der Waals surface area (Å²) in [5.41, 5.74) is 1.08. The van der Waals surface area contributed by atoms with Crippen LogP contribution in [0, 0.1) is 0 Å². The molecule has 4 nitrogen and oxygen atoms in total. The number of hydrogen-bond donors (Lipinski definition) is 2. The van der Waals surface area contributed by atoms with E-state index in [4.69, 9.17) is 14.9 Å². The Morgan fingerprint density at radius 1 is 1.20 bits per heavy atom. The smallest absolute Gasteiger partial charge is 0.336 e. The first kappa shape index (κ1) is 14.6. The SMILES string of the molecule is O=C(O)c1ccc(Oc2ccccc2CCO)cc1Br. The van der Waals surface area contributed by atoms with Gasteiger partial charge in [-0.25, -0.2) is 4.79 Å². The van der Waals surface area contributed by atoms with E-state index in [1.165, 1.54) is 6.07 Å². The summed E-state index contributed by atoms with van der Waals surface area (Å²) in [6, 6.07) is 12.1. The highest BCUT2D eigenvalue weighted by Crippen LogP contribution is 2.29. The molecule has 0 saturated carbocycles. The van der Waals surface area contributed by atoms with Crippen molar-refractivity contribution >= 4 is 21.9 Å². The number of para-hydroxylation sites is 1. The van der Waals surface area contributed by atoms with Gasteiger partial charge in [0.2, 0.25) is 0 Å². The van der Waals surface area contributed by atoms with Gasteiger partial charge in [-0.3, -0.25) is 0 Å². The van der Waals surface area contributed by atoms with Crippen LogP contribution in [-0.4, -0.2) is 22.8 Å². The topological polar surface area (TPSA) is 66.8 Å². The van der Waals surface area contributed by atoms with Crippen molar-refractivity contribution in [2.45, 2.75) is 6.42 Å². The third-order valence-electron chi connectivity index (χ3n) is 2.75. The molecule has 5 heteroatoms. The molecule has 2 rings (SSSR count). The Morgan fingerprint density at radius 2 is 1.95 bits per heavy atom. The second-order valence-corrected chi connectivity index (χ2v) is 4.98. The van der Waals surface area contributed by atoms with Gasteiger partial charge in [-0.1, -0.05) is 18.2 Å². The van der Waals surface area contributed by atoms with E-state index in [0.29, 0.717) is 22.4 Å². The number of carboxylic acids is 1. The summed E-state index contributed by atoms with van der Waals surface area (Å²) in [7, 11) is 0. The van der Waals surface area contributed by atoms with Crippen LogP contribution in [0.3, 0.4) is 0 Å². The van der Waals surface area contributed by atoms with Crippen LogP contribution in [0.5, 0.6) is 11.5 Å². The van der Waals surface area contributed by atoms with Crippen molar-refractivity contribution in [1.82, 2.24) is 0 Å². The minimum Gasteiger partial charge on any atom is -0.478 e. The maximum atomic E-state index is 10.9. The molecule has 0 aliphatic carbocycles. The van der Waals surface area contributed by atoms with E-state index in [2.05, 4.69) is 15.9 Å². The van der Waals surface area contributed by atoms with Gasteiger partial charge >= 0.3 is 5.97 Å². The van der Waals surface area contributed by atoms with E-state index in [1.807, 2.05) is 24.3 Å². The number of ether oxygens (including phenoxy) is 1. The maximum Gasteiger partial charge on any atom is 0.336 e. The van der Waals surface area contributed by atoms with E-state index < -0.39 is 5.97 Å². The predicted molar refractivity (Wildman–Crippen MR) is 78.4 cm³/mol. The second kappa shape index (κ2) is 6.54. The Kier molecular flexibility index (Phi) is 4.76. The maximum absolute atomic E-state index is 10.9. The van der Waals surface area contributed by atoms with Crippen LogP contribution in [0.4, 0.5) is 0 Å². The molecule has 0 amide bonds. The van der Waals surface area contributed by atoms with E-state index in [-0.39, 0.29) is 12.2 Å². The molecule has 0 aliphatic heterocycles. The summed E-state index contributed by atoms with van der Waals surface area (Å²) >= 11 is 3.21. The largest absolute Gasteiger partial charge is 0.478 e. The zero-order valence-electron chi connectivity index (χ0n) is 10.5. The lowest BCUT2D eigenvalue weighted by atomic mass is 10.1. The van der Waals surface area contributed by atoms with Crippen LogP contribution in [0.25, 0.3) is 0 Å². The summed E-state index contributed by atoms with van der Waals surface area (Å²) in [4.78, 5) is 10.9. The first-order valence-electron chi connectivity index (χ1n) is 6.01. The van der Waals surface area contributed by atoms with Crippen LogP contribution >= 0.6 is 15.9 Å². The monoisotopic (exact) mass is 336 g/mol. The molecule has 0 saturated heterocycles. The molecule has 0 aliphatic rings. The van der Waals surface area contributed by atoms with Gasteiger partial charge in [0, 0.05) is 11.1 Å². The zero-order chi connectivity index (χ0) is 14.5. The molecule has 2 aromatic rings. The molecule has 2 aromatic carbocycles. The Hall–Kier alpha value is -1.85. The highest BCUT2D eigenvalue weighted by molar-refractivity contribution is 9.10. The van der Waals surface area contributed by atoms with E-state index >= 15 is 0 Å². The van der Waals surface area contributed by atoms with Gasteiger partial charge in [0.15, 0.2) is 0 Å². The predicted octanol–water partition coefficient (Wildman–Crippen LogP) is 3.47. The minimum atomic E-state index is -0.996. The van der Waals surface area contributed by atoms with E-state index in [9.17, 15) is 4.79 Å². The summed E-state index contributed by atoms with van der Waals surface area (Å²) in [5, 5.41) is 18.0. The zero-order valence-corrected chi connectivity index (χ0v) is 12.1. The van der Waals surface area contributed by atoms with Crippen molar-refractivity contribution in [3.05, 3.63) is 58.1 Å². The number of benzene rings is 2. The van der Waals surface area contributed by atoms with Crippen molar-refractivity contribution in [3.63, 3.8) is 0 Å². The number of halogens is 1. The fourth-order valence-electron chi connectivity index (χ4n) is 1.79. The molecular formula is C15H13BrO4. The van der Waals surface area contributed by atoms with Crippen molar-refractivity contribution in [3.8, 4) is 11.5 Å². The van der Waals surface area contributed by atoms with Crippen molar-refractivity contribution in [1.29, 1.82) is 0 Å². The van der Waals surface area contributed by atoms with Crippen LogP contribution in [-0.2, 0) is 6.42 Å². The van der Waals surface area contributed by atoms with Gasteiger partial charge in [0.25, 0.3) is 0 Å². The lowest BCUT2D eigenvalue weighted by Crippen LogP contribution is -1.98. The summed E-state index contributed by atoms with van der Waals surface area (Å²) in [6.07, 6.45) is 0.505. The molecule has 0 unspecified atom stereocenters. The average molecular weight is 337 g/mol. The number of aromatic carboxylic acids is 1. The van der Waals surface area contributed by atoms with Gasteiger partial charge in [0.05, 0.1) is 5.56 Å². The Morgan fingerprint density at radius 3 is 2.60 bits per heavy atom. The molecule has 0 heterocycles. The Balaban J connectivity index is 2.26. The third-order valence-corrected chi connectivity index (χ3v) is 3.41. The molecule has 104 valence electrons. The number of rotatable bonds is 5. The van der Waals surface area contributed by atoms with Crippen molar-refractivity contribution in [2.24, 2.45) is 0 Å². The lowest BCUT2D eigenvalue weighted by molar-refractivity contribution is 0.0696. The number of carbonyl (C=O) groups is 1. The van der Waals surface area contributed by atoms with Crippen LogP contribution < -0.4 is 4.74 Å². The van der Waals surface area contributed by atoms with Crippen molar-refractivity contribution < 1.29 is 19.7 Å². The number of hydrogen-bond acceptors (Lipinski definition) is 3. The Labute approximate surface area is 124 Å². The van der Waals surface area contributed by atoms with E-state index in [0.717, 1.165) is 5.56 Å². The first-order chi connectivity index (χ1) is 9.61. The molecule has 0 radical (unpaired) electrons. The van der Waals surface area contributed by atoms with Gasteiger partial charge in [0.1, 0.15) is 11.5 Å². The first-order valence-corrected chi connectivity index (χ1v) is 6.80. The lowest BCUT2D eigenvalue weighted by Gasteiger charge is -2.11. The fraction of sp³-hybridized carbons (Fsp3) is 0.133. The van der Waals surface area contributed by atoms with Gasteiger partial charge in [-0.15, -0.1) is 0 Å². The van der Waals surface area contributed by atoms with Crippen molar-refractivity contribution in [2.75, 3.05) is 6.61 Å². The summed E-state index contributed by atoms with van der Waals surface area (Å²) in [5.74, 6) is 0.188. The molecule has 0 fully saturated rings. The quantitative estimate of drug-likeness (QED) is 0.877. The van der Waals surface area contributed by atoms with Gasteiger partial charge in [-0.05, 0) is 52.2 Å². The highest BCUT2D eigenvalue weighted by Gasteiger charge is 2.10. The van der Waals surface area contributed by atoms with Crippen LogP contribution in [0.2, 0.25) is 0 Å². The molecule has 20 heavy (non-hydrogen) atoms. The third kappa shape index (κ3) is 3.37. The van der Waals surface area contributed by atoms with Crippen LogP contribution in [0.1, 0.15) is 15.9 Å². The average Bonchev–Trinajstić information content (AvgIpc) is 2.41. The highest BCUT2D eigenvalue weighted by atomic mass is 79.9. The molecule has 2 N–H and O–H groups in total. The van der Waals surface area contributed by atoms with Crippen LogP contribution in [0.15, 0.2) is 46.9 Å². The normalized spacial score (nSPS) is 10.3. The fourth-order valence-corrected chi connectivity index (χ4v) is 2.32. The molecule has 0 spiro atoms. The molecule has 0 bridgehead atoms. The number of aliphatic hydroxyl groups is 1. The standard InChI is InChI=1S/C15H13BrO4/c16-13-9-11(5-6-12(13)15(18)19)20-14-4-2-1-3-10(14)7-8-17/h1-6,9,17H,7-8H2,(H,18,19). The summed E-state index contributed by atoms with van der Waals surface area (Å²) < 4.78 is 6.20. The van der Waals surface area contributed by atoms with E-state index in [1.54, 1.807) is 12.1 Å². The molecular weight excluding hydrogens is 324 g/mol. The number of aliphatic hydroxyl groups excluding tert-OH is 1. The van der Waals surface area contributed by atoms with Gasteiger partial charge in [-0.2, -0.15) is 0 Å². The van der Waals surface area contributed by atoms with Gasteiger partial charge < -0.3 is 14.9 Å². The Bertz CT molecular complexity index is 625. The minimum absolute atomic E-state index is 0.0437.